The van der Waals surface area contributed by atoms with Gasteiger partial charge in [-0.15, -0.1) is 16.4 Å². The molecule has 0 spiro atoms. The monoisotopic (exact) mass is 302 g/mol. The normalized spacial score (nSPS) is 10.7. The van der Waals surface area contributed by atoms with Crippen LogP contribution in [0.1, 0.15) is 10.4 Å². The first-order valence-electron chi connectivity index (χ1n) is 6.21. The summed E-state index contributed by atoms with van der Waals surface area (Å²) in [6, 6.07) is 12.3. The molecule has 3 aromatic rings. The van der Waals surface area contributed by atoms with Crippen molar-refractivity contribution >= 4 is 34.7 Å². The van der Waals surface area contributed by atoms with Crippen LogP contribution in [-0.2, 0) is 5.75 Å². The molecule has 1 aromatic carbocycles. The Hall–Kier alpha value is -1.79. The third-order valence-electron chi connectivity index (χ3n) is 2.67. The first kappa shape index (κ1) is 13.2. The Morgan fingerprint density at radius 1 is 1.30 bits per heavy atom. The lowest BCUT2D eigenvalue weighted by molar-refractivity contribution is 0.973. The Morgan fingerprint density at radius 3 is 3.05 bits per heavy atom. The van der Waals surface area contributed by atoms with E-state index in [1.165, 1.54) is 10.4 Å². The average Bonchev–Trinajstić information content (AvgIpc) is 3.07. The molecule has 0 saturated heterocycles. The number of thiophene rings is 1. The lowest BCUT2D eigenvalue weighted by Crippen LogP contribution is -1.92. The Kier molecular flexibility index (Phi) is 4.03. The summed E-state index contributed by atoms with van der Waals surface area (Å²) >= 11 is 3.38. The second-order valence-corrected chi connectivity index (χ2v) is 6.30. The van der Waals surface area contributed by atoms with Crippen molar-refractivity contribution in [1.82, 2.24) is 15.2 Å². The number of hydrogen-bond donors (Lipinski definition) is 2. The van der Waals surface area contributed by atoms with Crippen LogP contribution < -0.4 is 5.32 Å². The van der Waals surface area contributed by atoms with E-state index in [0.29, 0.717) is 5.95 Å². The van der Waals surface area contributed by atoms with Gasteiger partial charge in [0.2, 0.25) is 11.1 Å². The first-order chi connectivity index (χ1) is 9.79. The van der Waals surface area contributed by atoms with E-state index in [9.17, 15) is 0 Å². The maximum absolute atomic E-state index is 4.42. The van der Waals surface area contributed by atoms with Crippen molar-refractivity contribution in [3.8, 4) is 0 Å². The molecule has 0 bridgehead atoms. The fraction of sp³-hybridized carbons (Fsp3) is 0.143. The highest BCUT2D eigenvalue weighted by Crippen LogP contribution is 2.23. The molecule has 3 rings (SSSR count). The number of aryl methyl sites for hydroxylation is 1. The molecule has 0 amide bonds. The number of H-pyrrole nitrogens is 1. The first-order valence-corrected chi connectivity index (χ1v) is 8.07. The summed E-state index contributed by atoms with van der Waals surface area (Å²) in [5, 5.41) is 13.2. The molecule has 0 fully saturated rings. The number of nitrogens with zero attached hydrogens (tertiary/aromatic N) is 2. The van der Waals surface area contributed by atoms with Gasteiger partial charge in [0.1, 0.15) is 0 Å². The maximum Gasteiger partial charge on any atom is 0.223 e. The number of thioether (sulfide) groups is 1. The third-order valence-corrected chi connectivity index (χ3v) is 4.62. The molecule has 6 heteroatoms. The van der Waals surface area contributed by atoms with Crippen molar-refractivity contribution in [3.63, 3.8) is 0 Å². The molecule has 0 unspecified atom stereocenters. The van der Waals surface area contributed by atoms with Crippen LogP contribution in [0.5, 0.6) is 0 Å². The number of benzene rings is 1. The lowest BCUT2D eigenvalue weighted by atomic mass is 10.2. The average molecular weight is 302 g/mol. The second kappa shape index (κ2) is 6.11. The van der Waals surface area contributed by atoms with Crippen LogP contribution in [-0.4, -0.2) is 15.2 Å². The number of aromatic amines is 1. The summed E-state index contributed by atoms with van der Waals surface area (Å²) in [7, 11) is 0. The number of nitrogens with one attached hydrogen (secondary N) is 2. The van der Waals surface area contributed by atoms with E-state index in [2.05, 4.69) is 57.1 Å². The third kappa shape index (κ3) is 3.40. The SMILES string of the molecule is Cc1cccc(Nc2nc(SCc3cccs3)n[nH]2)c1. The van der Waals surface area contributed by atoms with E-state index in [1.54, 1.807) is 23.1 Å². The molecule has 20 heavy (non-hydrogen) atoms. The molecule has 2 heterocycles. The van der Waals surface area contributed by atoms with Crippen LogP contribution in [0.3, 0.4) is 0 Å². The quantitative estimate of drug-likeness (QED) is 0.693. The zero-order valence-corrected chi connectivity index (χ0v) is 12.6. The molecule has 0 aliphatic heterocycles. The molecular weight excluding hydrogens is 288 g/mol. The molecule has 102 valence electrons. The van der Waals surface area contributed by atoms with Crippen molar-refractivity contribution in [2.45, 2.75) is 17.8 Å². The van der Waals surface area contributed by atoms with Crippen LogP contribution in [0.2, 0.25) is 0 Å². The van der Waals surface area contributed by atoms with Gasteiger partial charge in [-0.3, -0.25) is 0 Å². The molecule has 0 aliphatic carbocycles. The summed E-state index contributed by atoms with van der Waals surface area (Å²) in [5.74, 6) is 1.57. The summed E-state index contributed by atoms with van der Waals surface area (Å²) in [6.45, 7) is 2.06. The maximum atomic E-state index is 4.42. The number of hydrogen-bond acceptors (Lipinski definition) is 5. The van der Waals surface area contributed by atoms with Gasteiger partial charge in [0, 0.05) is 16.3 Å². The fourth-order valence-corrected chi connectivity index (χ4v) is 3.33. The van der Waals surface area contributed by atoms with Gasteiger partial charge in [-0.25, -0.2) is 5.10 Å². The zero-order chi connectivity index (χ0) is 13.8. The van der Waals surface area contributed by atoms with E-state index < -0.39 is 0 Å². The van der Waals surface area contributed by atoms with Gasteiger partial charge in [0.15, 0.2) is 0 Å². The predicted octanol–water partition coefficient (Wildman–Crippen LogP) is 4.21. The van der Waals surface area contributed by atoms with E-state index in [4.69, 9.17) is 0 Å². The smallest absolute Gasteiger partial charge is 0.223 e. The topological polar surface area (TPSA) is 53.6 Å². The van der Waals surface area contributed by atoms with Crippen molar-refractivity contribution in [2.75, 3.05) is 5.32 Å². The van der Waals surface area contributed by atoms with E-state index in [0.717, 1.165) is 16.6 Å². The molecule has 2 aromatic heterocycles. The van der Waals surface area contributed by atoms with Gasteiger partial charge in [0.25, 0.3) is 0 Å². The molecule has 0 aliphatic rings. The minimum atomic E-state index is 0.671. The Morgan fingerprint density at radius 2 is 2.25 bits per heavy atom. The van der Waals surface area contributed by atoms with Gasteiger partial charge < -0.3 is 5.32 Å². The van der Waals surface area contributed by atoms with Crippen molar-refractivity contribution < 1.29 is 0 Å². The van der Waals surface area contributed by atoms with Gasteiger partial charge in [-0.05, 0) is 36.1 Å². The minimum absolute atomic E-state index is 0.671. The Labute approximate surface area is 125 Å². The Balaban J connectivity index is 1.62. The van der Waals surface area contributed by atoms with Gasteiger partial charge >= 0.3 is 0 Å². The standard InChI is InChI=1S/C14H14N4S2/c1-10-4-2-5-11(8-10)15-13-16-14(18-17-13)20-9-12-6-3-7-19-12/h2-8H,9H2,1H3,(H2,15,16,17,18). The molecular formula is C14H14N4S2. The predicted molar refractivity (Wildman–Crippen MR) is 84.7 cm³/mol. The summed E-state index contributed by atoms with van der Waals surface area (Å²) < 4.78 is 0. The minimum Gasteiger partial charge on any atom is -0.325 e. The van der Waals surface area contributed by atoms with Crippen LogP contribution in [0.4, 0.5) is 11.6 Å². The second-order valence-electron chi connectivity index (χ2n) is 4.33. The molecule has 2 N–H and O–H groups in total. The van der Waals surface area contributed by atoms with E-state index in [-0.39, 0.29) is 0 Å². The van der Waals surface area contributed by atoms with Crippen molar-refractivity contribution in [3.05, 3.63) is 52.2 Å². The molecule has 0 radical (unpaired) electrons. The van der Waals surface area contributed by atoms with Crippen molar-refractivity contribution in [2.24, 2.45) is 0 Å². The number of rotatable bonds is 5. The van der Waals surface area contributed by atoms with Crippen LogP contribution in [0.15, 0.2) is 46.9 Å². The van der Waals surface area contributed by atoms with Crippen LogP contribution >= 0.6 is 23.1 Å². The number of aromatic nitrogens is 3. The highest BCUT2D eigenvalue weighted by molar-refractivity contribution is 7.98. The summed E-state index contributed by atoms with van der Waals surface area (Å²) in [6.07, 6.45) is 0. The zero-order valence-electron chi connectivity index (χ0n) is 11.0. The van der Waals surface area contributed by atoms with E-state index in [1.807, 2.05) is 12.1 Å². The highest BCUT2D eigenvalue weighted by atomic mass is 32.2. The molecule has 4 nitrogen and oxygen atoms in total. The van der Waals surface area contributed by atoms with Gasteiger partial charge in [-0.1, -0.05) is 30.0 Å². The van der Waals surface area contributed by atoms with Gasteiger partial charge in [0.05, 0.1) is 0 Å². The van der Waals surface area contributed by atoms with Gasteiger partial charge in [-0.2, -0.15) is 4.98 Å². The summed E-state index contributed by atoms with van der Waals surface area (Å²) in [5.41, 5.74) is 2.22. The van der Waals surface area contributed by atoms with Crippen molar-refractivity contribution in [1.29, 1.82) is 0 Å². The highest BCUT2D eigenvalue weighted by Gasteiger charge is 2.05. The Bertz CT molecular complexity index is 676. The van der Waals surface area contributed by atoms with Crippen LogP contribution in [0.25, 0.3) is 0 Å². The largest absolute Gasteiger partial charge is 0.325 e. The fourth-order valence-electron chi connectivity index (χ4n) is 1.76. The van der Waals surface area contributed by atoms with E-state index >= 15 is 0 Å². The summed E-state index contributed by atoms with van der Waals surface area (Å²) in [4.78, 5) is 5.75. The molecule has 0 saturated carbocycles. The molecule has 0 atom stereocenters. The van der Waals surface area contributed by atoms with Crippen LogP contribution in [0, 0.1) is 6.92 Å². The lowest BCUT2D eigenvalue weighted by Gasteiger charge is -2.02. The number of anilines is 2.